The summed E-state index contributed by atoms with van der Waals surface area (Å²) in [6.45, 7) is 3.99. The molecule has 1 aromatic carbocycles. The summed E-state index contributed by atoms with van der Waals surface area (Å²) in [7, 11) is 0. The van der Waals surface area contributed by atoms with Gasteiger partial charge in [0, 0.05) is 5.69 Å². The third kappa shape index (κ3) is 2.82. The number of hydrogen-bond acceptors (Lipinski definition) is 4. The van der Waals surface area contributed by atoms with Gasteiger partial charge in [0.1, 0.15) is 0 Å². The quantitative estimate of drug-likeness (QED) is 0.770. The molecule has 0 bridgehead atoms. The number of para-hydroxylation sites is 1. The van der Waals surface area contributed by atoms with Gasteiger partial charge in [0.2, 0.25) is 5.69 Å². The monoisotopic (exact) mass is 274 g/mol. The maximum absolute atomic E-state index is 12.0. The number of carbonyl (C=O) groups is 1. The van der Waals surface area contributed by atoms with Crippen molar-refractivity contribution in [3.05, 3.63) is 56.4 Å². The molecule has 0 aliphatic heterocycles. The van der Waals surface area contributed by atoms with Gasteiger partial charge in [-0.2, -0.15) is 5.10 Å². The average molecular weight is 274 g/mol. The predicted molar refractivity (Wildman–Crippen MR) is 74.0 cm³/mol. The van der Waals surface area contributed by atoms with Crippen LogP contribution >= 0.6 is 0 Å². The van der Waals surface area contributed by atoms with Gasteiger partial charge in [0.05, 0.1) is 0 Å². The van der Waals surface area contributed by atoms with Crippen molar-refractivity contribution in [3.63, 3.8) is 0 Å². The average Bonchev–Trinajstić information content (AvgIpc) is 2.38. The Balaban J connectivity index is 2.33. The first-order valence-electron chi connectivity index (χ1n) is 6.08. The first-order chi connectivity index (χ1) is 9.49. The van der Waals surface area contributed by atoms with Gasteiger partial charge in [0.25, 0.3) is 11.5 Å². The SMILES string of the molecule is CC(C)c1ccccc1NC(=O)c1n[nH]c(=O)[nH]c1=O. The number of aromatic amines is 2. The number of carbonyl (C=O) groups excluding carboxylic acids is 1. The van der Waals surface area contributed by atoms with Crippen LogP contribution in [0.2, 0.25) is 0 Å². The van der Waals surface area contributed by atoms with E-state index in [1.165, 1.54) is 0 Å². The van der Waals surface area contributed by atoms with Gasteiger partial charge < -0.3 is 5.32 Å². The Morgan fingerprint density at radius 2 is 1.95 bits per heavy atom. The van der Waals surface area contributed by atoms with Crippen LogP contribution in [0.3, 0.4) is 0 Å². The molecule has 104 valence electrons. The molecule has 0 saturated heterocycles. The molecule has 2 aromatic rings. The molecule has 0 spiro atoms. The van der Waals surface area contributed by atoms with Crippen molar-refractivity contribution < 1.29 is 4.79 Å². The van der Waals surface area contributed by atoms with Crippen LogP contribution in [-0.4, -0.2) is 21.1 Å². The number of rotatable bonds is 3. The van der Waals surface area contributed by atoms with Crippen molar-refractivity contribution in [2.75, 3.05) is 5.32 Å². The summed E-state index contributed by atoms with van der Waals surface area (Å²) in [6, 6.07) is 7.29. The van der Waals surface area contributed by atoms with Crippen molar-refractivity contribution in [2.45, 2.75) is 19.8 Å². The van der Waals surface area contributed by atoms with Gasteiger partial charge >= 0.3 is 5.69 Å². The number of anilines is 1. The normalized spacial score (nSPS) is 10.6. The van der Waals surface area contributed by atoms with E-state index in [4.69, 9.17) is 0 Å². The predicted octanol–water partition coefficient (Wildman–Crippen LogP) is 0.834. The summed E-state index contributed by atoms with van der Waals surface area (Å²) in [6.07, 6.45) is 0. The second kappa shape index (κ2) is 5.52. The highest BCUT2D eigenvalue weighted by atomic mass is 16.2. The Hall–Kier alpha value is -2.70. The summed E-state index contributed by atoms with van der Waals surface area (Å²) in [5.41, 5.74) is -0.410. The van der Waals surface area contributed by atoms with Gasteiger partial charge in [0.15, 0.2) is 0 Å². The highest BCUT2D eigenvalue weighted by Gasteiger charge is 2.15. The zero-order valence-corrected chi connectivity index (χ0v) is 11.1. The van der Waals surface area contributed by atoms with Crippen molar-refractivity contribution >= 4 is 11.6 Å². The number of benzene rings is 1. The number of amides is 1. The number of aromatic nitrogens is 3. The highest BCUT2D eigenvalue weighted by molar-refractivity contribution is 6.02. The standard InChI is InChI=1S/C13H14N4O3/c1-7(2)8-5-3-4-6-9(8)14-11(18)10-12(19)15-13(20)17-16-10/h3-7H,1-2H3,(H,14,18)(H2,15,17,19,20). The van der Waals surface area contributed by atoms with E-state index in [0.717, 1.165) is 5.56 Å². The van der Waals surface area contributed by atoms with Crippen LogP contribution in [-0.2, 0) is 0 Å². The summed E-state index contributed by atoms with van der Waals surface area (Å²) in [5, 5.41) is 8.10. The minimum atomic E-state index is -0.826. The van der Waals surface area contributed by atoms with Gasteiger partial charge in [-0.05, 0) is 17.5 Å². The Kier molecular flexibility index (Phi) is 3.79. The fourth-order valence-corrected chi connectivity index (χ4v) is 1.80. The molecule has 3 N–H and O–H groups in total. The smallest absolute Gasteiger partial charge is 0.320 e. The first kappa shape index (κ1) is 13.7. The fourth-order valence-electron chi connectivity index (χ4n) is 1.80. The Labute approximate surface area is 114 Å². The molecule has 20 heavy (non-hydrogen) atoms. The van der Waals surface area contributed by atoms with Gasteiger partial charge in [-0.25, -0.2) is 9.89 Å². The number of nitrogens with one attached hydrogen (secondary N) is 3. The van der Waals surface area contributed by atoms with E-state index in [1.54, 1.807) is 12.1 Å². The zero-order valence-electron chi connectivity index (χ0n) is 11.1. The fraction of sp³-hybridized carbons (Fsp3) is 0.231. The third-order valence-electron chi connectivity index (χ3n) is 2.76. The van der Waals surface area contributed by atoms with E-state index < -0.39 is 17.2 Å². The van der Waals surface area contributed by atoms with E-state index >= 15 is 0 Å². The maximum atomic E-state index is 12.0. The molecule has 0 fully saturated rings. The van der Waals surface area contributed by atoms with Crippen molar-refractivity contribution in [1.82, 2.24) is 15.2 Å². The van der Waals surface area contributed by atoms with E-state index in [1.807, 2.05) is 36.1 Å². The van der Waals surface area contributed by atoms with E-state index in [0.29, 0.717) is 5.69 Å². The Morgan fingerprint density at radius 3 is 2.60 bits per heavy atom. The van der Waals surface area contributed by atoms with Crippen molar-refractivity contribution in [1.29, 1.82) is 0 Å². The van der Waals surface area contributed by atoms with Crippen LogP contribution in [0.5, 0.6) is 0 Å². The van der Waals surface area contributed by atoms with E-state index in [-0.39, 0.29) is 11.6 Å². The van der Waals surface area contributed by atoms with Crippen LogP contribution in [0.15, 0.2) is 33.9 Å². The minimum Gasteiger partial charge on any atom is -0.320 e. The highest BCUT2D eigenvalue weighted by Crippen LogP contribution is 2.23. The van der Waals surface area contributed by atoms with Crippen molar-refractivity contribution in [3.8, 4) is 0 Å². The lowest BCUT2D eigenvalue weighted by Gasteiger charge is -2.12. The molecule has 0 atom stereocenters. The van der Waals surface area contributed by atoms with Crippen LogP contribution < -0.4 is 16.6 Å². The lowest BCUT2D eigenvalue weighted by Crippen LogP contribution is -2.32. The summed E-state index contributed by atoms with van der Waals surface area (Å²) >= 11 is 0. The molecule has 0 radical (unpaired) electrons. The van der Waals surface area contributed by atoms with Crippen molar-refractivity contribution in [2.24, 2.45) is 0 Å². The molecular formula is C13H14N4O3. The van der Waals surface area contributed by atoms with Crippen LogP contribution in [0.1, 0.15) is 35.8 Å². The molecule has 1 heterocycles. The number of hydrogen-bond donors (Lipinski definition) is 3. The Bertz CT molecular complexity index is 746. The van der Waals surface area contributed by atoms with Crippen LogP contribution in [0.25, 0.3) is 0 Å². The molecule has 0 unspecified atom stereocenters. The molecule has 1 amide bonds. The second-order valence-corrected chi connectivity index (χ2v) is 4.55. The molecular weight excluding hydrogens is 260 g/mol. The molecule has 7 nitrogen and oxygen atoms in total. The lowest BCUT2D eigenvalue weighted by atomic mass is 10.0. The van der Waals surface area contributed by atoms with E-state index in [2.05, 4.69) is 10.4 Å². The number of H-pyrrole nitrogens is 2. The zero-order chi connectivity index (χ0) is 14.7. The first-order valence-corrected chi connectivity index (χ1v) is 6.08. The van der Waals surface area contributed by atoms with Crippen LogP contribution in [0, 0.1) is 0 Å². The Morgan fingerprint density at radius 1 is 1.25 bits per heavy atom. The van der Waals surface area contributed by atoms with Gasteiger partial charge in [-0.3, -0.25) is 14.6 Å². The van der Waals surface area contributed by atoms with E-state index in [9.17, 15) is 14.4 Å². The molecule has 1 aromatic heterocycles. The van der Waals surface area contributed by atoms with Crippen LogP contribution in [0.4, 0.5) is 5.69 Å². The topological polar surface area (TPSA) is 108 Å². The number of nitrogens with zero attached hydrogens (tertiary/aromatic N) is 1. The minimum absolute atomic E-state index is 0.216. The molecule has 0 saturated carbocycles. The van der Waals surface area contributed by atoms with Gasteiger partial charge in [-0.1, -0.05) is 32.0 Å². The summed E-state index contributed by atoms with van der Waals surface area (Å²) in [4.78, 5) is 36.3. The maximum Gasteiger partial charge on any atom is 0.342 e. The molecule has 7 heteroatoms. The summed E-state index contributed by atoms with van der Waals surface area (Å²) in [5.74, 6) is -0.455. The van der Waals surface area contributed by atoms with Gasteiger partial charge in [-0.15, -0.1) is 0 Å². The molecule has 0 aliphatic carbocycles. The summed E-state index contributed by atoms with van der Waals surface area (Å²) < 4.78 is 0. The largest absolute Gasteiger partial charge is 0.342 e. The lowest BCUT2D eigenvalue weighted by molar-refractivity contribution is 0.101. The molecule has 0 aliphatic rings. The second-order valence-electron chi connectivity index (χ2n) is 4.55. The third-order valence-corrected chi connectivity index (χ3v) is 2.76. The molecule has 2 rings (SSSR count).